The summed E-state index contributed by atoms with van der Waals surface area (Å²) in [6.45, 7) is 0. The third-order valence-electron chi connectivity index (χ3n) is 2.08. The molecule has 0 aliphatic heterocycles. The van der Waals surface area contributed by atoms with Gasteiger partial charge in [0.25, 0.3) is 0 Å². The van der Waals surface area contributed by atoms with Gasteiger partial charge in [-0.2, -0.15) is 0 Å². The normalized spacial score (nSPS) is 10.1. The van der Waals surface area contributed by atoms with Crippen molar-refractivity contribution in [3.63, 3.8) is 0 Å². The van der Waals surface area contributed by atoms with Crippen LogP contribution in [0, 0.1) is 0 Å². The van der Waals surface area contributed by atoms with Crippen LogP contribution in [0.15, 0.2) is 47.1 Å². The number of pyridine rings is 1. The molecule has 0 bridgehead atoms. The Hall–Kier alpha value is -1.19. The number of rotatable bonds is 2. The van der Waals surface area contributed by atoms with E-state index in [2.05, 4.69) is 20.9 Å². The number of halogens is 2. The summed E-state index contributed by atoms with van der Waals surface area (Å²) in [6, 6.07) is 10.3. The second-order valence-electron chi connectivity index (χ2n) is 3.17. The van der Waals surface area contributed by atoms with Gasteiger partial charge in [-0.25, -0.2) is 0 Å². The monoisotopic (exact) mass is 295 g/mol. The van der Waals surface area contributed by atoms with Crippen LogP contribution in [0.2, 0.25) is 5.02 Å². The second kappa shape index (κ2) is 4.76. The Kier molecular flexibility index (Phi) is 3.36. The van der Waals surface area contributed by atoms with Gasteiger partial charge in [0.2, 0.25) is 5.78 Å². The molecule has 4 heteroatoms. The van der Waals surface area contributed by atoms with Gasteiger partial charge in [0.1, 0.15) is 5.69 Å². The molecule has 0 atom stereocenters. The van der Waals surface area contributed by atoms with Gasteiger partial charge in [0.05, 0.1) is 0 Å². The molecule has 80 valence electrons. The SMILES string of the molecule is O=C(c1ccc(Cl)cc1)c1ncccc1Br. The summed E-state index contributed by atoms with van der Waals surface area (Å²) in [5, 5.41) is 0.608. The smallest absolute Gasteiger partial charge is 0.212 e. The topological polar surface area (TPSA) is 30.0 Å². The lowest BCUT2D eigenvalue weighted by Crippen LogP contribution is -2.04. The number of benzene rings is 1. The number of hydrogen-bond acceptors (Lipinski definition) is 2. The summed E-state index contributed by atoms with van der Waals surface area (Å²) in [7, 11) is 0. The molecule has 0 amide bonds. The lowest BCUT2D eigenvalue weighted by molar-refractivity contribution is 0.103. The van der Waals surface area contributed by atoms with E-state index in [0.717, 1.165) is 0 Å². The minimum Gasteiger partial charge on any atom is -0.287 e. The zero-order chi connectivity index (χ0) is 11.5. The summed E-state index contributed by atoms with van der Waals surface area (Å²) in [5.41, 5.74) is 0.980. The molecule has 2 aromatic rings. The molecule has 0 saturated heterocycles. The van der Waals surface area contributed by atoms with E-state index >= 15 is 0 Å². The molecule has 0 N–H and O–H groups in total. The largest absolute Gasteiger partial charge is 0.287 e. The molecule has 16 heavy (non-hydrogen) atoms. The molecule has 0 fully saturated rings. The van der Waals surface area contributed by atoms with Crippen molar-refractivity contribution in [2.45, 2.75) is 0 Å². The fourth-order valence-corrected chi connectivity index (χ4v) is 1.85. The van der Waals surface area contributed by atoms with Crippen LogP contribution in [0.5, 0.6) is 0 Å². The molecule has 0 aliphatic rings. The number of carbonyl (C=O) groups excluding carboxylic acids is 1. The highest BCUT2D eigenvalue weighted by Crippen LogP contribution is 2.18. The van der Waals surface area contributed by atoms with Crippen LogP contribution in [-0.4, -0.2) is 10.8 Å². The third kappa shape index (κ3) is 2.31. The Bertz CT molecular complexity index is 525. The van der Waals surface area contributed by atoms with Crippen molar-refractivity contribution in [2.75, 3.05) is 0 Å². The predicted molar refractivity (Wildman–Crippen MR) is 66.8 cm³/mol. The molecule has 1 heterocycles. The van der Waals surface area contributed by atoms with Crippen molar-refractivity contribution < 1.29 is 4.79 Å². The zero-order valence-corrected chi connectivity index (χ0v) is 10.5. The quantitative estimate of drug-likeness (QED) is 0.790. The second-order valence-corrected chi connectivity index (χ2v) is 4.46. The maximum atomic E-state index is 12.0. The highest BCUT2D eigenvalue weighted by atomic mass is 79.9. The van der Waals surface area contributed by atoms with Crippen LogP contribution in [0.3, 0.4) is 0 Å². The summed E-state index contributed by atoms with van der Waals surface area (Å²) >= 11 is 9.06. The lowest BCUT2D eigenvalue weighted by atomic mass is 10.1. The summed E-state index contributed by atoms with van der Waals surface area (Å²) in [5.74, 6) is -0.121. The van der Waals surface area contributed by atoms with Gasteiger partial charge in [0, 0.05) is 21.3 Å². The first-order chi connectivity index (χ1) is 7.68. The zero-order valence-electron chi connectivity index (χ0n) is 8.15. The van der Waals surface area contributed by atoms with E-state index in [0.29, 0.717) is 20.8 Å². The van der Waals surface area contributed by atoms with Crippen LogP contribution in [0.1, 0.15) is 16.1 Å². The van der Waals surface area contributed by atoms with Crippen LogP contribution < -0.4 is 0 Å². The Balaban J connectivity index is 2.40. The van der Waals surface area contributed by atoms with Crippen molar-refractivity contribution in [2.24, 2.45) is 0 Å². The highest BCUT2D eigenvalue weighted by Gasteiger charge is 2.13. The lowest BCUT2D eigenvalue weighted by Gasteiger charge is -2.02. The Morgan fingerprint density at radius 2 is 1.88 bits per heavy atom. The maximum absolute atomic E-state index is 12.0. The van der Waals surface area contributed by atoms with Crippen molar-refractivity contribution in [1.82, 2.24) is 4.98 Å². The number of ketones is 1. The minimum atomic E-state index is -0.121. The summed E-state index contributed by atoms with van der Waals surface area (Å²) in [4.78, 5) is 16.1. The highest BCUT2D eigenvalue weighted by molar-refractivity contribution is 9.10. The van der Waals surface area contributed by atoms with Crippen molar-refractivity contribution in [3.05, 3.63) is 63.3 Å². The average Bonchev–Trinajstić information content (AvgIpc) is 2.30. The summed E-state index contributed by atoms with van der Waals surface area (Å²) < 4.78 is 0.690. The molecule has 0 radical (unpaired) electrons. The Morgan fingerprint density at radius 3 is 2.50 bits per heavy atom. The Morgan fingerprint density at radius 1 is 1.19 bits per heavy atom. The van der Waals surface area contributed by atoms with E-state index in [-0.39, 0.29) is 5.78 Å². The van der Waals surface area contributed by atoms with E-state index in [1.54, 1.807) is 42.6 Å². The fourth-order valence-electron chi connectivity index (χ4n) is 1.29. The van der Waals surface area contributed by atoms with E-state index in [1.807, 2.05) is 0 Å². The number of nitrogens with zero attached hydrogens (tertiary/aromatic N) is 1. The van der Waals surface area contributed by atoms with Gasteiger partial charge in [-0.05, 0) is 52.3 Å². The first-order valence-electron chi connectivity index (χ1n) is 4.59. The van der Waals surface area contributed by atoms with E-state index < -0.39 is 0 Å². The van der Waals surface area contributed by atoms with Crippen molar-refractivity contribution >= 4 is 33.3 Å². The molecule has 0 saturated carbocycles. The van der Waals surface area contributed by atoms with Crippen LogP contribution in [0.4, 0.5) is 0 Å². The standard InChI is InChI=1S/C12H7BrClNO/c13-10-2-1-7-15-11(10)12(16)8-3-5-9(14)6-4-8/h1-7H. The number of carbonyl (C=O) groups is 1. The van der Waals surface area contributed by atoms with E-state index in [9.17, 15) is 4.79 Å². The average molecular weight is 297 g/mol. The first-order valence-corrected chi connectivity index (χ1v) is 5.76. The Labute approximate surface area is 106 Å². The minimum absolute atomic E-state index is 0.121. The summed E-state index contributed by atoms with van der Waals surface area (Å²) in [6.07, 6.45) is 1.59. The first kappa shape index (κ1) is 11.3. The van der Waals surface area contributed by atoms with Gasteiger partial charge >= 0.3 is 0 Å². The van der Waals surface area contributed by atoms with E-state index in [4.69, 9.17) is 11.6 Å². The van der Waals surface area contributed by atoms with E-state index in [1.165, 1.54) is 0 Å². The molecule has 0 unspecified atom stereocenters. The van der Waals surface area contributed by atoms with Crippen LogP contribution in [-0.2, 0) is 0 Å². The van der Waals surface area contributed by atoms with Gasteiger partial charge in [0.15, 0.2) is 0 Å². The predicted octanol–water partition coefficient (Wildman–Crippen LogP) is 3.73. The van der Waals surface area contributed by atoms with Gasteiger partial charge in [-0.1, -0.05) is 11.6 Å². The molecule has 2 nitrogen and oxygen atoms in total. The van der Waals surface area contributed by atoms with Crippen LogP contribution in [0.25, 0.3) is 0 Å². The maximum Gasteiger partial charge on any atom is 0.212 e. The number of hydrogen-bond donors (Lipinski definition) is 0. The third-order valence-corrected chi connectivity index (χ3v) is 2.97. The molecule has 0 spiro atoms. The molecule has 2 rings (SSSR count). The molecule has 0 aliphatic carbocycles. The van der Waals surface area contributed by atoms with Crippen molar-refractivity contribution in [1.29, 1.82) is 0 Å². The molecular formula is C12H7BrClNO. The molecule has 1 aromatic carbocycles. The molecular weight excluding hydrogens is 289 g/mol. The van der Waals surface area contributed by atoms with Gasteiger partial charge in [-0.15, -0.1) is 0 Å². The van der Waals surface area contributed by atoms with Gasteiger partial charge < -0.3 is 0 Å². The van der Waals surface area contributed by atoms with Crippen molar-refractivity contribution in [3.8, 4) is 0 Å². The molecule has 1 aromatic heterocycles. The van der Waals surface area contributed by atoms with Gasteiger partial charge in [-0.3, -0.25) is 9.78 Å². The fraction of sp³-hybridized carbons (Fsp3) is 0. The van der Waals surface area contributed by atoms with Crippen LogP contribution >= 0.6 is 27.5 Å². The number of aromatic nitrogens is 1.